The fourth-order valence-corrected chi connectivity index (χ4v) is 3.83. The van der Waals surface area contributed by atoms with Gasteiger partial charge in [0.2, 0.25) is 11.8 Å². The number of anilines is 1. The van der Waals surface area contributed by atoms with Crippen LogP contribution in [0.2, 0.25) is 0 Å². The van der Waals surface area contributed by atoms with Crippen molar-refractivity contribution in [2.75, 3.05) is 10.3 Å². The molecule has 27 heavy (non-hydrogen) atoms. The Hall–Kier alpha value is -3.15. The molecule has 138 valence electrons. The zero-order valence-corrected chi connectivity index (χ0v) is 15.3. The zero-order chi connectivity index (χ0) is 19.1. The number of nitrogens with zero attached hydrogens (tertiary/aromatic N) is 2. The summed E-state index contributed by atoms with van der Waals surface area (Å²) < 4.78 is 1.72. The topological polar surface area (TPSA) is 71.4 Å². The van der Waals surface area contributed by atoms with Crippen molar-refractivity contribution in [1.82, 2.24) is 4.68 Å². The molecule has 6 heteroatoms. The second-order valence-corrected chi connectivity index (χ2v) is 7.11. The number of aromatic nitrogens is 1. The van der Waals surface area contributed by atoms with Crippen molar-refractivity contribution in [2.24, 2.45) is 11.8 Å². The molecule has 2 atom stereocenters. The first kappa shape index (κ1) is 17.3. The minimum Gasteiger partial charge on any atom is -0.274 e. The molecule has 0 bridgehead atoms. The number of allylic oxidation sites excluding steroid dienone is 2. The number of hydrogen-bond acceptors (Lipinski definition) is 3. The van der Waals surface area contributed by atoms with Gasteiger partial charge in [-0.2, -0.15) is 0 Å². The highest BCUT2D eigenvalue weighted by Crippen LogP contribution is 2.37. The van der Waals surface area contributed by atoms with Crippen LogP contribution in [0.3, 0.4) is 0 Å². The van der Waals surface area contributed by atoms with Crippen LogP contribution in [0, 0.1) is 25.7 Å². The van der Waals surface area contributed by atoms with Crippen molar-refractivity contribution >= 4 is 23.4 Å². The van der Waals surface area contributed by atoms with Gasteiger partial charge in [-0.25, -0.2) is 0 Å². The summed E-state index contributed by atoms with van der Waals surface area (Å²) in [5.41, 5.74) is 5.69. The van der Waals surface area contributed by atoms with Crippen molar-refractivity contribution in [2.45, 2.75) is 26.7 Å². The number of aryl methyl sites for hydroxylation is 2. The SMILES string of the molecule is Cc1ccc(C)n1NC(=O)c1ccc(N2C(=O)[C@H]3CC=CC[C@@H]3C2=O)cc1. The Morgan fingerprint density at radius 3 is 1.93 bits per heavy atom. The molecule has 1 aliphatic heterocycles. The molecule has 1 aromatic heterocycles. The van der Waals surface area contributed by atoms with Crippen LogP contribution in [0.5, 0.6) is 0 Å². The molecular formula is C21H21N3O3. The monoisotopic (exact) mass is 363 g/mol. The lowest BCUT2D eigenvalue weighted by Crippen LogP contribution is -2.31. The normalized spacial score (nSPS) is 21.5. The summed E-state index contributed by atoms with van der Waals surface area (Å²) in [5, 5.41) is 0. The lowest BCUT2D eigenvalue weighted by molar-refractivity contribution is -0.122. The number of amides is 3. The molecule has 0 radical (unpaired) electrons. The number of benzene rings is 1. The Labute approximate surface area is 157 Å². The second kappa shape index (κ2) is 6.54. The molecule has 0 unspecified atom stereocenters. The quantitative estimate of drug-likeness (QED) is 0.673. The van der Waals surface area contributed by atoms with Gasteiger partial charge >= 0.3 is 0 Å². The number of nitrogens with one attached hydrogen (secondary N) is 1. The zero-order valence-electron chi connectivity index (χ0n) is 15.3. The minimum atomic E-state index is -0.259. The number of rotatable bonds is 3. The number of hydrogen-bond donors (Lipinski definition) is 1. The Balaban J connectivity index is 1.53. The lowest BCUT2D eigenvalue weighted by Gasteiger charge is -2.16. The van der Waals surface area contributed by atoms with Crippen LogP contribution in [0.25, 0.3) is 0 Å². The highest BCUT2D eigenvalue weighted by Gasteiger charge is 2.47. The fraction of sp³-hybridized carbons (Fsp3) is 0.286. The third-order valence-corrected chi connectivity index (χ3v) is 5.38. The average Bonchev–Trinajstić information content (AvgIpc) is 3.13. The Bertz CT molecular complexity index is 910. The molecule has 2 aliphatic rings. The maximum Gasteiger partial charge on any atom is 0.270 e. The van der Waals surface area contributed by atoms with E-state index < -0.39 is 0 Å². The smallest absolute Gasteiger partial charge is 0.270 e. The highest BCUT2D eigenvalue weighted by molar-refractivity contribution is 6.22. The Morgan fingerprint density at radius 1 is 0.889 bits per heavy atom. The maximum atomic E-state index is 12.6. The Morgan fingerprint density at radius 2 is 1.41 bits per heavy atom. The first-order chi connectivity index (χ1) is 13.0. The number of fused-ring (bicyclic) bond motifs is 1. The van der Waals surface area contributed by atoms with E-state index in [0.717, 1.165) is 11.4 Å². The first-order valence-corrected chi connectivity index (χ1v) is 9.06. The molecule has 2 aromatic rings. The highest BCUT2D eigenvalue weighted by atomic mass is 16.2. The van der Waals surface area contributed by atoms with E-state index in [1.54, 1.807) is 28.9 Å². The summed E-state index contributed by atoms with van der Waals surface area (Å²) in [6.45, 7) is 3.82. The van der Waals surface area contributed by atoms with Crippen LogP contribution in [0.15, 0.2) is 48.6 Å². The average molecular weight is 363 g/mol. The van der Waals surface area contributed by atoms with E-state index in [1.807, 2.05) is 38.1 Å². The van der Waals surface area contributed by atoms with E-state index in [1.165, 1.54) is 4.90 Å². The molecule has 2 heterocycles. The first-order valence-electron chi connectivity index (χ1n) is 9.06. The maximum absolute atomic E-state index is 12.6. The van der Waals surface area contributed by atoms with Crippen molar-refractivity contribution < 1.29 is 14.4 Å². The van der Waals surface area contributed by atoms with Gasteiger partial charge in [0, 0.05) is 17.0 Å². The number of imide groups is 1. The molecule has 6 nitrogen and oxygen atoms in total. The molecule has 1 aliphatic carbocycles. The molecule has 0 spiro atoms. The van der Waals surface area contributed by atoms with Crippen LogP contribution in [0.4, 0.5) is 5.69 Å². The van der Waals surface area contributed by atoms with Crippen molar-refractivity contribution in [3.05, 3.63) is 65.5 Å². The van der Waals surface area contributed by atoms with Crippen molar-refractivity contribution in [3.8, 4) is 0 Å². The molecule has 4 rings (SSSR count). The predicted octanol–water partition coefficient (Wildman–Crippen LogP) is 2.94. The summed E-state index contributed by atoms with van der Waals surface area (Å²) >= 11 is 0. The van der Waals surface area contributed by atoms with Gasteiger partial charge in [-0.15, -0.1) is 0 Å². The third kappa shape index (κ3) is 2.87. The molecule has 1 fully saturated rings. The van der Waals surface area contributed by atoms with Gasteiger partial charge in [-0.3, -0.25) is 29.4 Å². The van der Waals surface area contributed by atoms with Gasteiger partial charge < -0.3 is 0 Å². The summed E-state index contributed by atoms with van der Waals surface area (Å²) in [6.07, 6.45) is 5.16. The van der Waals surface area contributed by atoms with Crippen LogP contribution in [-0.4, -0.2) is 22.4 Å². The van der Waals surface area contributed by atoms with E-state index >= 15 is 0 Å². The molecule has 0 saturated carbocycles. The third-order valence-electron chi connectivity index (χ3n) is 5.38. The van der Waals surface area contributed by atoms with E-state index in [4.69, 9.17) is 0 Å². The molecular weight excluding hydrogens is 342 g/mol. The van der Waals surface area contributed by atoms with Crippen LogP contribution < -0.4 is 10.3 Å². The number of carbonyl (C=O) groups excluding carboxylic acids is 3. The van der Waals surface area contributed by atoms with Gasteiger partial charge in [0.1, 0.15) is 0 Å². The fourth-order valence-electron chi connectivity index (χ4n) is 3.83. The van der Waals surface area contributed by atoms with Gasteiger partial charge in [-0.05, 0) is 63.1 Å². The summed E-state index contributed by atoms with van der Waals surface area (Å²) in [6, 6.07) is 10.4. The molecule has 1 N–H and O–H groups in total. The van der Waals surface area contributed by atoms with Gasteiger partial charge in [0.05, 0.1) is 17.5 Å². The van der Waals surface area contributed by atoms with Gasteiger partial charge in [0.25, 0.3) is 5.91 Å². The summed E-state index contributed by atoms with van der Waals surface area (Å²) in [5.74, 6) is -1.06. The summed E-state index contributed by atoms with van der Waals surface area (Å²) in [7, 11) is 0. The largest absolute Gasteiger partial charge is 0.274 e. The van der Waals surface area contributed by atoms with Crippen LogP contribution in [-0.2, 0) is 9.59 Å². The van der Waals surface area contributed by atoms with E-state index in [0.29, 0.717) is 24.1 Å². The molecule has 3 amide bonds. The second-order valence-electron chi connectivity index (χ2n) is 7.11. The standard InChI is InChI=1S/C21H21N3O3/c1-13-7-8-14(2)24(13)22-19(25)15-9-11-16(12-10-15)23-20(26)17-5-3-4-6-18(17)21(23)27/h3-4,7-12,17-18H,5-6H2,1-2H3,(H,22,25)/t17-,18-/m0/s1. The minimum absolute atomic E-state index is 0.148. The predicted molar refractivity (Wildman–Crippen MR) is 102 cm³/mol. The van der Waals surface area contributed by atoms with E-state index in [-0.39, 0.29) is 29.6 Å². The van der Waals surface area contributed by atoms with E-state index in [9.17, 15) is 14.4 Å². The van der Waals surface area contributed by atoms with Gasteiger partial charge in [-0.1, -0.05) is 12.2 Å². The Kier molecular flexibility index (Phi) is 4.18. The van der Waals surface area contributed by atoms with E-state index in [2.05, 4.69) is 5.43 Å². The van der Waals surface area contributed by atoms with Crippen LogP contribution in [0.1, 0.15) is 34.6 Å². The lowest BCUT2D eigenvalue weighted by atomic mass is 9.85. The van der Waals surface area contributed by atoms with Crippen molar-refractivity contribution in [3.63, 3.8) is 0 Å². The van der Waals surface area contributed by atoms with Gasteiger partial charge in [0.15, 0.2) is 0 Å². The molecule has 1 aromatic carbocycles. The van der Waals surface area contributed by atoms with Crippen molar-refractivity contribution in [1.29, 1.82) is 0 Å². The van der Waals surface area contributed by atoms with Crippen LogP contribution >= 0.6 is 0 Å². The molecule has 1 saturated heterocycles. The number of carbonyl (C=O) groups is 3. The summed E-state index contributed by atoms with van der Waals surface area (Å²) in [4.78, 5) is 39.1.